The smallest absolute Gasteiger partial charge is 0.223 e. The normalized spacial score (nSPS) is 38.2. The van der Waals surface area contributed by atoms with Gasteiger partial charge in [-0.1, -0.05) is 6.42 Å². The second-order valence-electron chi connectivity index (χ2n) is 5.68. The summed E-state index contributed by atoms with van der Waals surface area (Å²) in [7, 11) is 0. The maximum atomic E-state index is 12.0. The molecule has 0 heterocycles. The average molecular weight is 221 g/mol. The van der Waals surface area contributed by atoms with E-state index >= 15 is 0 Å². The zero-order chi connectivity index (χ0) is 11.1. The summed E-state index contributed by atoms with van der Waals surface area (Å²) in [4.78, 5) is 23.8. The summed E-state index contributed by atoms with van der Waals surface area (Å²) in [6, 6.07) is 0.449. The van der Waals surface area contributed by atoms with Gasteiger partial charge in [-0.3, -0.25) is 9.59 Å². The van der Waals surface area contributed by atoms with Crippen LogP contribution in [-0.4, -0.2) is 17.7 Å². The number of amides is 1. The molecule has 2 bridgehead atoms. The summed E-state index contributed by atoms with van der Waals surface area (Å²) in [6.07, 6.45) is 7.12. The number of fused-ring (bicyclic) bond motifs is 2. The molecule has 1 amide bonds. The van der Waals surface area contributed by atoms with Crippen LogP contribution in [0.2, 0.25) is 0 Å². The molecule has 0 aromatic heterocycles. The van der Waals surface area contributed by atoms with Crippen LogP contribution >= 0.6 is 0 Å². The highest BCUT2D eigenvalue weighted by Gasteiger charge is 2.41. The van der Waals surface area contributed by atoms with Gasteiger partial charge < -0.3 is 5.32 Å². The average Bonchev–Trinajstić information content (AvgIpc) is 3.00. The van der Waals surface area contributed by atoms with Crippen molar-refractivity contribution in [3.8, 4) is 0 Å². The van der Waals surface area contributed by atoms with Gasteiger partial charge in [0.2, 0.25) is 5.91 Å². The minimum atomic E-state index is 0.119. The molecule has 3 nitrogen and oxygen atoms in total. The SMILES string of the molecule is O=C(NC1CC1)C1CC2CCCC(C1)C2=O. The summed E-state index contributed by atoms with van der Waals surface area (Å²) < 4.78 is 0. The quantitative estimate of drug-likeness (QED) is 0.770. The largest absolute Gasteiger partial charge is 0.353 e. The van der Waals surface area contributed by atoms with Crippen LogP contribution in [-0.2, 0) is 9.59 Å². The van der Waals surface area contributed by atoms with Crippen molar-refractivity contribution >= 4 is 11.7 Å². The van der Waals surface area contributed by atoms with Crippen molar-refractivity contribution in [1.29, 1.82) is 0 Å². The Morgan fingerprint density at radius 2 is 1.69 bits per heavy atom. The number of rotatable bonds is 2. The third-order valence-corrected chi connectivity index (χ3v) is 4.34. The van der Waals surface area contributed by atoms with E-state index in [-0.39, 0.29) is 23.7 Å². The van der Waals surface area contributed by atoms with Crippen LogP contribution in [0.15, 0.2) is 0 Å². The van der Waals surface area contributed by atoms with Crippen LogP contribution in [0, 0.1) is 17.8 Å². The number of Topliss-reactive ketones (excluding diaryl/α,β-unsaturated/α-hetero) is 1. The summed E-state index contributed by atoms with van der Waals surface area (Å²) >= 11 is 0. The Balaban J connectivity index is 1.64. The van der Waals surface area contributed by atoms with Crippen molar-refractivity contribution in [3.63, 3.8) is 0 Å². The van der Waals surface area contributed by atoms with E-state index in [1.165, 1.54) is 6.42 Å². The minimum Gasteiger partial charge on any atom is -0.353 e. The van der Waals surface area contributed by atoms with E-state index in [9.17, 15) is 9.59 Å². The number of hydrogen-bond donors (Lipinski definition) is 1. The first-order chi connectivity index (χ1) is 7.74. The Bertz CT molecular complexity index is 306. The standard InChI is InChI=1S/C13H19NO2/c15-12-8-2-1-3-9(12)7-10(6-8)13(16)14-11-4-5-11/h8-11H,1-7H2,(H,14,16). The Kier molecular flexibility index (Phi) is 2.49. The van der Waals surface area contributed by atoms with Crippen molar-refractivity contribution < 1.29 is 9.59 Å². The van der Waals surface area contributed by atoms with E-state index in [2.05, 4.69) is 5.32 Å². The van der Waals surface area contributed by atoms with Gasteiger partial charge in [-0.15, -0.1) is 0 Å². The molecule has 3 aliphatic rings. The highest BCUT2D eigenvalue weighted by molar-refractivity contribution is 5.88. The maximum Gasteiger partial charge on any atom is 0.223 e. The fourth-order valence-corrected chi connectivity index (χ4v) is 3.24. The van der Waals surface area contributed by atoms with Gasteiger partial charge in [-0.25, -0.2) is 0 Å². The monoisotopic (exact) mass is 221 g/mol. The molecule has 3 rings (SSSR count). The number of carbonyl (C=O) groups is 2. The lowest BCUT2D eigenvalue weighted by atomic mass is 9.67. The van der Waals surface area contributed by atoms with E-state index in [0.29, 0.717) is 11.8 Å². The first-order valence-corrected chi connectivity index (χ1v) is 6.58. The third-order valence-electron chi connectivity index (χ3n) is 4.34. The molecule has 3 heteroatoms. The molecule has 2 atom stereocenters. The van der Waals surface area contributed by atoms with Gasteiger partial charge in [0.15, 0.2) is 0 Å². The third kappa shape index (κ3) is 1.87. The molecule has 0 aromatic carbocycles. The Labute approximate surface area is 96.0 Å². The first-order valence-electron chi connectivity index (χ1n) is 6.58. The Hall–Kier alpha value is -0.860. The second kappa shape index (κ2) is 3.86. The Morgan fingerprint density at radius 1 is 1.06 bits per heavy atom. The molecule has 0 radical (unpaired) electrons. The summed E-state index contributed by atoms with van der Waals surface area (Å²) in [6.45, 7) is 0. The molecule has 0 saturated heterocycles. The molecule has 0 aliphatic heterocycles. The fraction of sp³-hybridized carbons (Fsp3) is 0.846. The van der Waals surface area contributed by atoms with Crippen LogP contribution in [0.4, 0.5) is 0 Å². The fourth-order valence-electron chi connectivity index (χ4n) is 3.24. The molecule has 0 spiro atoms. The minimum absolute atomic E-state index is 0.119. The Morgan fingerprint density at radius 3 is 2.25 bits per heavy atom. The predicted octanol–water partition coefficient (Wildman–Crippen LogP) is 1.66. The van der Waals surface area contributed by atoms with E-state index in [0.717, 1.165) is 38.5 Å². The zero-order valence-electron chi connectivity index (χ0n) is 9.58. The van der Waals surface area contributed by atoms with Crippen molar-refractivity contribution in [2.75, 3.05) is 0 Å². The first kappa shape index (κ1) is 10.3. The van der Waals surface area contributed by atoms with Gasteiger partial charge in [0.1, 0.15) is 5.78 Å². The van der Waals surface area contributed by atoms with Gasteiger partial charge in [-0.2, -0.15) is 0 Å². The van der Waals surface area contributed by atoms with E-state index < -0.39 is 0 Å². The van der Waals surface area contributed by atoms with Crippen LogP contribution in [0.25, 0.3) is 0 Å². The van der Waals surface area contributed by atoms with Crippen LogP contribution in [0.5, 0.6) is 0 Å². The van der Waals surface area contributed by atoms with Crippen molar-refractivity contribution in [2.24, 2.45) is 17.8 Å². The lowest BCUT2D eigenvalue weighted by Crippen LogP contribution is -2.43. The van der Waals surface area contributed by atoms with Gasteiger partial charge in [0, 0.05) is 23.8 Å². The second-order valence-corrected chi connectivity index (χ2v) is 5.68. The molecule has 2 unspecified atom stereocenters. The van der Waals surface area contributed by atoms with Gasteiger partial charge in [0.05, 0.1) is 0 Å². The summed E-state index contributed by atoms with van der Waals surface area (Å²) in [5.41, 5.74) is 0. The predicted molar refractivity (Wildman–Crippen MR) is 59.7 cm³/mol. The van der Waals surface area contributed by atoms with Gasteiger partial charge >= 0.3 is 0 Å². The van der Waals surface area contributed by atoms with Crippen molar-refractivity contribution in [3.05, 3.63) is 0 Å². The number of hydrogen-bond acceptors (Lipinski definition) is 2. The highest BCUT2D eigenvalue weighted by atomic mass is 16.2. The van der Waals surface area contributed by atoms with Gasteiger partial charge in [0.25, 0.3) is 0 Å². The van der Waals surface area contributed by atoms with E-state index in [1.807, 2.05) is 0 Å². The molecule has 3 aliphatic carbocycles. The molecule has 0 aromatic rings. The molecular weight excluding hydrogens is 202 g/mol. The van der Waals surface area contributed by atoms with E-state index in [1.54, 1.807) is 0 Å². The molecule has 88 valence electrons. The molecule has 1 N–H and O–H groups in total. The van der Waals surface area contributed by atoms with Crippen LogP contribution in [0.1, 0.15) is 44.9 Å². The molecular formula is C13H19NO2. The lowest BCUT2D eigenvalue weighted by Gasteiger charge is -2.36. The summed E-state index contributed by atoms with van der Waals surface area (Å²) in [5, 5.41) is 3.08. The number of nitrogens with one attached hydrogen (secondary N) is 1. The molecule has 3 saturated carbocycles. The number of carbonyl (C=O) groups excluding carboxylic acids is 2. The molecule has 3 fully saturated rings. The van der Waals surface area contributed by atoms with Gasteiger partial charge in [-0.05, 0) is 38.5 Å². The lowest BCUT2D eigenvalue weighted by molar-refractivity contribution is -0.137. The zero-order valence-corrected chi connectivity index (χ0v) is 9.58. The number of ketones is 1. The van der Waals surface area contributed by atoms with E-state index in [4.69, 9.17) is 0 Å². The van der Waals surface area contributed by atoms with Crippen LogP contribution in [0.3, 0.4) is 0 Å². The van der Waals surface area contributed by atoms with Crippen molar-refractivity contribution in [2.45, 2.75) is 51.0 Å². The maximum absolute atomic E-state index is 12.0. The molecule has 16 heavy (non-hydrogen) atoms. The summed E-state index contributed by atoms with van der Waals surface area (Å²) in [5.74, 6) is 1.17. The van der Waals surface area contributed by atoms with Crippen LogP contribution < -0.4 is 5.32 Å². The highest BCUT2D eigenvalue weighted by Crippen LogP contribution is 2.40. The van der Waals surface area contributed by atoms with Crippen molar-refractivity contribution in [1.82, 2.24) is 5.32 Å². The topological polar surface area (TPSA) is 46.2 Å².